The molecule has 0 N–H and O–H groups in total. The molecule has 0 radical (unpaired) electrons. The largest absolute Gasteiger partial charge is 0.444 e. The van der Waals surface area contributed by atoms with E-state index in [1.807, 2.05) is 20.8 Å². The second-order valence-electron chi connectivity index (χ2n) is 7.62. The zero-order valence-electron chi connectivity index (χ0n) is 15.8. The Kier molecular flexibility index (Phi) is 4.38. The summed E-state index contributed by atoms with van der Waals surface area (Å²) in [5.41, 5.74) is -0.683. The van der Waals surface area contributed by atoms with Crippen LogP contribution in [0.4, 0.5) is 4.79 Å². The number of hydrogen-bond acceptors (Lipinski definition) is 5. The van der Waals surface area contributed by atoms with Crippen LogP contribution in [0.25, 0.3) is 11.3 Å². The van der Waals surface area contributed by atoms with Crippen LogP contribution in [0, 0.1) is 0 Å². The molecule has 0 aliphatic carbocycles. The van der Waals surface area contributed by atoms with E-state index >= 15 is 0 Å². The third-order valence-corrected chi connectivity index (χ3v) is 4.79. The highest BCUT2D eigenvalue weighted by atomic mass is 35.5. The van der Waals surface area contributed by atoms with Crippen molar-refractivity contribution in [2.75, 3.05) is 6.54 Å². The van der Waals surface area contributed by atoms with Gasteiger partial charge in [-0.15, -0.1) is 0 Å². The van der Waals surface area contributed by atoms with Gasteiger partial charge in [0.1, 0.15) is 16.9 Å². The van der Waals surface area contributed by atoms with E-state index in [1.165, 1.54) is 9.08 Å². The summed E-state index contributed by atoms with van der Waals surface area (Å²) in [7, 11) is 0. The van der Waals surface area contributed by atoms with E-state index in [0.29, 0.717) is 29.6 Å². The average Bonchev–Trinajstić information content (AvgIpc) is 2.94. The normalized spacial score (nSPS) is 16.9. The van der Waals surface area contributed by atoms with Gasteiger partial charge in [0.2, 0.25) is 0 Å². The fourth-order valence-corrected chi connectivity index (χ4v) is 3.39. The van der Waals surface area contributed by atoms with Crippen molar-refractivity contribution in [3.8, 4) is 5.82 Å². The SMILES string of the molecule is CC(C)(C)OC(=O)N1CCC1c1nn2ccc(Cl)c2c(=O)n1-c1ccccn1. The molecule has 0 aromatic carbocycles. The van der Waals surface area contributed by atoms with E-state index in [9.17, 15) is 9.59 Å². The van der Waals surface area contributed by atoms with Crippen LogP contribution in [-0.4, -0.2) is 42.3 Å². The van der Waals surface area contributed by atoms with Crippen LogP contribution in [0.2, 0.25) is 5.02 Å². The van der Waals surface area contributed by atoms with Crippen LogP contribution in [0.5, 0.6) is 0 Å². The second-order valence-corrected chi connectivity index (χ2v) is 8.03. The molecule has 1 atom stereocenters. The molecule has 146 valence electrons. The van der Waals surface area contributed by atoms with Crippen LogP contribution < -0.4 is 5.56 Å². The summed E-state index contributed by atoms with van der Waals surface area (Å²) in [6.45, 7) is 5.98. The zero-order valence-corrected chi connectivity index (χ0v) is 16.6. The van der Waals surface area contributed by atoms with Gasteiger partial charge < -0.3 is 4.74 Å². The van der Waals surface area contributed by atoms with Crippen LogP contribution in [0.1, 0.15) is 39.1 Å². The van der Waals surface area contributed by atoms with Gasteiger partial charge in [-0.05, 0) is 45.4 Å². The van der Waals surface area contributed by atoms with Crippen LogP contribution in [-0.2, 0) is 4.74 Å². The minimum Gasteiger partial charge on any atom is -0.444 e. The third-order valence-electron chi connectivity index (χ3n) is 4.49. The summed E-state index contributed by atoms with van der Waals surface area (Å²) in [5.74, 6) is 0.839. The fraction of sp³-hybridized carbons (Fsp3) is 0.368. The van der Waals surface area contributed by atoms with Crippen molar-refractivity contribution in [1.82, 2.24) is 24.1 Å². The number of aromatic nitrogens is 4. The molecular weight excluding hydrogens is 382 g/mol. The maximum atomic E-state index is 13.2. The number of likely N-dealkylation sites (tertiary alicyclic amines) is 1. The van der Waals surface area contributed by atoms with Gasteiger partial charge >= 0.3 is 6.09 Å². The van der Waals surface area contributed by atoms with Gasteiger partial charge in [0.15, 0.2) is 5.82 Å². The summed E-state index contributed by atoms with van der Waals surface area (Å²) in [5, 5.41) is 4.90. The number of carbonyl (C=O) groups excluding carboxylic acids is 1. The molecule has 1 aliphatic rings. The van der Waals surface area contributed by atoms with Gasteiger partial charge in [-0.2, -0.15) is 5.10 Å². The van der Waals surface area contributed by atoms with Gasteiger partial charge in [0.05, 0.1) is 11.1 Å². The highest BCUT2D eigenvalue weighted by Crippen LogP contribution is 2.34. The molecule has 4 heterocycles. The van der Waals surface area contributed by atoms with Crippen LogP contribution in [0.15, 0.2) is 41.5 Å². The second kappa shape index (κ2) is 6.63. The predicted octanol–water partition coefficient (Wildman–Crippen LogP) is 3.22. The lowest BCUT2D eigenvalue weighted by molar-refractivity contribution is -0.00813. The highest BCUT2D eigenvalue weighted by Gasteiger charge is 2.40. The van der Waals surface area contributed by atoms with E-state index < -0.39 is 17.7 Å². The molecule has 0 saturated carbocycles. The zero-order chi connectivity index (χ0) is 20.1. The van der Waals surface area contributed by atoms with Gasteiger partial charge in [-0.3, -0.25) is 9.69 Å². The standard InChI is InChI=1S/C19H20ClN5O3/c1-19(2,3)28-18(27)23-10-8-13(23)16-22-24-11-7-12(20)15(24)17(26)25(16)14-6-4-5-9-21-14/h4-7,9,11,13H,8,10H2,1-3H3. The molecule has 1 fully saturated rings. The van der Waals surface area contributed by atoms with E-state index in [4.69, 9.17) is 16.3 Å². The molecular formula is C19H20ClN5O3. The first-order valence-electron chi connectivity index (χ1n) is 8.97. The molecule has 1 unspecified atom stereocenters. The van der Waals surface area contributed by atoms with Gasteiger partial charge in [0, 0.05) is 18.9 Å². The van der Waals surface area contributed by atoms with Gasteiger partial charge in [-0.25, -0.2) is 18.9 Å². The number of rotatable bonds is 2. The lowest BCUT2D eigenvalue weighted by Gasteiger charge is -2.41. The van der Waals surface area contributed by atoms with Crippen molar-refractivity contribution in [2.45, 2.75) is 38.8 Å². The van der Waals surface area contributed by atoms with Gasteiger partial charge in [-0.1, -0.05) is 17.7 Å². The highest BCUT2D eigenvalue weighted by molar-refractivity contribution is 6.33. The summed E-state index contributed by atoms with van der Waals surface area (Å²) in [6.07, 6.45) is 3.46. The first-order valence-corrected chi connectivity index (χ1v) is 9.35. The number of nitrogens with zero attached hydrogens (tertiary/aromatic N) is 5. The summed E-state index contributed by atoms with van der Waals surface area (Å²) >= 11 is 6.19. The molecule has 1 aliphatic heterocycles. The Morgan fingerprint density at radius 3 is 2.68 bits per heavy atom. The Balaban J connectivity index is 1.85. The number of pyridine rings is 1. The molecule has 8 nitrogen and oxygen atoms in total. The molecule has 9 heteroatoms. The van der Waals surface area contributed by atoms with Crippen molar-refractivity contribution in [3.63, 3.8) is 0 Å². The average molecular weight is 402 g/mol. The van der Waals surface area contributed by atoms with E-state index in [0.717, 1.165) is 0 Å². The smallest absolute Gasteiger partial charge is 0.410 e. The Hall–Kier alpha value is -2.87. The van der Waals surface area contributed by atoms with Crippen LogP contribution in [0.3, 0.4) is 0 Å². The van der Waals surface area contributed by atoms with Crippen molar-refractivity contribution in [1.29, 1.82) is 0 Å². The number of fused-ring (bicyclic) bond motifs is 1. The topological polar surface area (TPSA) is 81.7 Å². The van der Waals surface area contributed by atoms with E-state index in [2.05, 4.69) is 10.1 Å². The number of halogens is 1. The molecule has 1 amide bonds. The molecule has 1 saturated heterocycles. The maximum Gasteiger partial charge on any atom is 0.410 e. The number of carbonyl (C=O) groups is 1. The molecule has 28 heavy (non-hydrogen) atoms. The molecule has 0 bridgehead atoms. The molecule has 0 spiro atoms. The van der Waals surface area contributed by atoms with Crippen molar-refractivity contribution in [2.24, 2.45) is 0 Å². The molecule has 4 rings (SSSR count). The van der Waals surface area contributed by atoms with Crippen molar-refractivity contribution >= 4 is 23.2 Å². The Morgan fingerprint density at radius 2 is 2.07 bits per heavy atom. The Labute approximate surface area is 166 Å². The quantitative estimate of drug-likeness (QED) is 0.658. The maximum absolute atomic E-state index is 13.2. The predicted molar refractivity (Wildman–Crippen MR) is 104 cm³/mol. The summed E-state index contributed by atoms with van der Waals surface area (Å²) in [6, 6.07) is 6.49. The monoisotopic (exact) mass is 401 g/mol. The number of hydrogen-bond donors (Lipinski definition) is 0. The number of amides is 1. The minimum atomic E-state index is -0.608. The van der Waals surface area contributed by atoms with E-state index in [-0.39, 0.29) is 11.1 Å². The first kappa shape index (κ1) is 18.5. The van der Waals surface area contributed by atoms with Gasteiger partial charge in [0.25, 0.3) is 5.56 Å². The fourth-order valence-electron chi connectivity index (χ4n) is 3.17. The van der Waals surface area contributed by atoms with Crippen molar-refractivity contribution in [3.05, 3.63) is 57.9 Å². The van der Waals surface area contributed by atoms with Crippen molar-refractivity contribution < 1.29 is 9.53 Å². The summed E-state index contributed by atoms with van der Waals surface area (Å²) < 4.78 is 8.36. The Bertz CT molecular complexity index is 1100. The summed E-state index contributed by atoms with van der Waals surface area (Å²) in [4.78, 5) is 31.7. The molecule has 3 aromatic rings. The number of ether oxygens (including phenoxy) is 1. The first-order chi connectivity index (χ1) is 13.3. The van der Waals surface area contributed by atoms with Crippen LogP contribution >= 0.6 is 11.6 Å². The lowest BCUT2D eigenvalue weighted by atomic mass is 10.0. The molecule has 3 aromatic heterocycles. The minimum absolute atomic E-state index is 0.263. The third kappa shape index (κ3) is 3.13. The van der Waals surface area contributed by atoms with E-state index in [1.54, 1.807) is 41.6 Å². The Morgan fingerprint density at radius 1 is 1.29 bits per heavy atom. The lowest BCUT2D eigenvalue weighted by Crippen LogP contribution is -2.49.